The second-order valence-corrected chi connectivity index (χ2v) is 7.86. The van der Waals surface area contributed by atoms with Gasteiger partial charge < -0.3 is 5.32 Å². The van der Waals surface area contributed by atoms with Gasteiger partial charge in [0, 0.05) is 6.04 Å². The number of hydrogen-bond acceptors (Lipinski definition) is 1. The number of benzene rings is 1. The lowest BCUT2D eigenvalue weighted by atomic mass is 9.70. The van der Waals surface area contributed by atoms with Crippen molar-refractivity contribution >= 4 is 23.2 Å². The van der Waals surface area contributed by atoms with Crippen LogP contribution < -0.4 is 5.32 Å². The summed E-state index contributed by atoms with van der Waals surface area (Å²) in [6.07, 6.45) is 6.24. The van der Waals surface area contributed by atoms with E-state index >= 15 is 0 Å². The highest BCUT2D eigenvalue weighted by Crippen LogP contribution is 2.44. The molecule has 0 saturated heterocycles. The molecule has 1 aromatic rings. The molecule has 1 nitrogen and oxygen atoms in total. The fraction of sp³-hybridized carbons (Fsp3) is 0.667. The molecular weight excluding hydrogens is 301 g/mol. The maximum atomic E-state index is 6.47. The lowest BCUT2D eigenvalue weighted by Gasteiger charge is -2.39. The molecule has 1 fully saturated rings. The summed E-state index contributed by atoms with van der Waals surface area (Å²) in [6.45, 7) is 7.98. The third kappa shape index (κ3) is 4.37. The van der Waals surface area contributed by atoms with Crippen molar-refractivity contribution in [2.24, 2.45) is 11.3 Å². The van der Waals surface area contributed by atoms with Gasteiger partial charge in [-0.15, -0.1) is 0 Å². The predicted molar refractivity (Wildman–Crippen MR) is 93.2 cm³/mol. The maximum Gasteiger partial charge on any atom is 0.0640 e. The first kappa shape index (κ1) is 17.1. The maximum absolute atomic E-state index is 6.47. The number of nitrogens with one attached hydrogen (secondary N) is 1. The first-order valence-electron chi connectivity index (χ1n) is 8.12. The van der Waals surface area contributed by atoms with E-state index in [2.05, 4.69) is 32.2 Å². The predicted octanol–water partition coefficient (Wildman–Crippen LogP) is 6.25. The third-order valence-electron chi connectivity index (χ3n) is 4.79. The van der Waals surface area contributed by atoms with Crippen molar-refractivity contribution in [3.8, 4) is 0 Å². The molecule has 0 spiro atoms. The van der Waals surface area contributed by atoms with Gasteiger partial charge in [0.1, 0.15) is 0 Å². The summed E-state index contributed by atoms with van der Waals surface area (Å²) in [7, 11) is 0. The number of hydrogen-bond donors (Lipinski definition) is 1. The van der Waals surface area contributed by atoms with Crippen LogP contribution in [0.4, 0.5) is 0 Å². The van der Waals surface area contributed by atoms with Crippen LogP contribution in [0.5, 0.6) is 0 Å². The molecular formula is C18H27Cl2N. The molecule has 1 unspecified atom stereocenters. The highest BCUT2D eigenvalue weighted by Gasteiger charge is 2.32. The standard InChI is InChI=1S/C18H27Cl2N/c1-4-12-21-17(13-8-10-18(2,3)11-9-13)14-6-5-7-15(19)16(14)20/h5-7,13,17,21H,4,8-12H2,1-3H3. The molecule has 0 aromatic heterocycles. The molecule has 0 amide bonds. The van der Waals surface area contributed by atoms with Gasteiger partial charge in [-0.05, 0) is 61.6 Å². The van der Waals surface area contributed by atoms with E-state index in [0.717, 1.165) is 18.0 Å². The van der Waals surface area contributed by atoms with E-state index in [1.54, 1.807) is 0 Å². The summed E-state index contributed by atoms with van der Waals surface area (Å²) in [5, 5.41) is 5.09. The van der Waals surface area contributed by atoms with Crippen molar-refractivity contribution in [3.63, 3.8) is 0 Å². The molecule has 1 aliphatic rings. The largest absolute Gasteiger partial charge is 0.310 e. The van der Waals surface area contributed by atoms with Gasteiger partial charge in [0.15, 0.2) is 0 Å². The summed E-state index contributed by atoms with van der Waals surface area (Å²) in [4.78, 5) is 0. The molecule has 1 N–H and O–H groups in total. The van der Waals surface area contributed by atoms with Crippen LogP contribution in [-0.4, -0.2) is 6.54 Å². The molecule has 0 bridgehead atoms. The van der Waals surface area contributed by atoms with E-state index in [1.807, 2.05) is 12.1 Å². The van der Waals surface area contributed by atoms with Gasteiger partial charge in [-0.25, -0.2) is 0 Å². The smallest absolute Gasteiger partial charge is 0.0640 e. The minimum absolute atomic E-state index is 0.326. The topological polar surface area (TPSA) is 12.0 Å². The lowest BCUT2D eigenvalue weighted by molar-refractivity contribution is 0.161. The van der Waals surface area contributed by atoms with Crippen LogP contribution in [0.15, 0.2) is 18.2 Å². The third-order valence-corrected chi connectivity index (χ3v) is 5.62. The number of halogens is 2. The van der Waals surface area contributed by atoms with Gasteiger partial charge in [-0.3, -0.25) is 0 Å². The first-order chi connectivity index (χ1) is 9.94. The Morgan fingerprint density at radius 2 is 1.90 bits per heavy atom. The van der Waals surface area contributed by atoms with Crippen LogP contribution in [0.2, 0.25) is 10.0 Å². The molecule has 118 valence electrons. The molecule has 1 aromatic carbocycles. The van der Waals surface area contributed by atoms with E-state index in [4.69, 9.17) is 23.2 Å². The average Bonchev–Trinajstić information content (AvgIpc) is 2.44. The van der Waals surface area contributed by atoms with E-state index in [1.165, 1.54) is 31.2 Å². The zero-order chi connectivity index (χ0) is 15.5. The van der Waals surface area contributed by atoms with E-state index in [0.29, 0.717) is 22.4 Å². The van der Waals surface area contributed by atoms with Crippen molar-refractivity contribution in [2.45, 2.75) is 58.9 Å². The highest BCUT2D eigenvalue weighted by molar-refractivity contribution is 6.42. The van der Waals surface area contributed by atoms with Crippen molar-refractivity contribution in [1.82, 2.24) is 5.32 Å². The Bertz CT molecular complexity index is 460. The quantitative estimate of drug-likeness (QED) is 0.673. The van der Waals surface area contributed by atoms with Crippen LogP contribution in [0.3, 0.4) is 0 Å². The molecule has 0 aliphatic heterocycles. The van der Waals surface area contributed by atoms with E-state index in [-0.39, 0.29) is 0 Å². The molecule has 0 heterocycles. The Hall–Kier alpha value is -0.240. The van der Waals surface area contributed by atoms with Gasteiger partial charge in [0.05, 0.1) is 10.0 Å². The van der Waals surface area contributed by atoms with Crippen LogP contribution in [0.25, 0.3) is 0 Å². The molecule has 2 rings (SSSR count). The normalized spacial score (nSPS) is 20.4. The molecule has 21 heavy (non-hydrogen) atoms. The van der Waals surface area contributed by atoms with E-state index < -0.39 is 0 Å². The Balaban J connectivity index is 2.20. The van der Waals surface area contributed by atoms with Crippen LogP contribution in [0, 0.1) is 11.3 Å². The summed E-state index contributed by atoms with van der Waals surface area (Å²) >= 11 is 12.7. The summed E-state index contributed by atoms with van der Waals surface area (Å²) in [5.74, 6) is 0.653. The second kappa shape index (κ2) is 7.35. The second-order valence-electron chi connectivity index (χ2n) is 7.08. The molecule has 1 saturated carbocycles. The molecule has 1 aliphatic carbocycles. The van der Waals surface area contributed by atoms with Gasteiger partial charge in [-0.2, -0.15) is 0 Å². The lowest BCUT2D eigenvalue weighted by Crippen LogP contribution is -2.33. The average molecular weight is 328 g/mol. The highest BCUT2D eigenvalue weighted by atomic mass is 35.5. The summed E-state index contributed by atoms with van der Waals surface area (Å²) in [6, 6.07) is 6.33. The zero-order valence-electron chi connectivity index (χ0n) is 13.4. The van der Waals surface area contributed by atoms with Crippen LogP contribution in [-0.2, 0) is 0 Å². The summed E-state index contributed by atoms with van der Waals surface area (Å²) < 4.78 is 0. The molecule has 1 atom stereocenters. The minimum atomic E-state index is 0.326. The fourth-order valence-corrected chi connectivity index (χ4v) is 3.77. The summed E-state index contributed by atoms with van der Waals surface area (Å²) in [5.41, 5.74) is 1.66. The van der Waals surface area contributed by atoms with Gasteiger partial charge >= 0.3 is 0 Å². The SMILES string of the molecule is CCCNC(c1cccc(Cl)c1Cl)C1CCC(C)(C)CC1. The Labute approximate surface area is 139 Å². The van der Waals surface area contributed by atoms with Crippen LogP contribution in [0.1, 0.15) is 64.5 Å². The molecule has 3 heteroatoms. The zero-order valence-corrected chi connectivity index (χ0v) is 14.9. The van der Waals surface area contributed by atoms with Crippen LogP contribution >= 0.6 is 23.2 Å². The molecule has 0 radical (unpaired) electrons. The van der Waals surface area contributed by atoms with E-state index in [9.17, 15) is 0 Å². The van der Waals surface area contributed by atoms with Gasteiger partial charge in [0.2, 0.25) is 0 Å². The van der Waals surface area contributed by atoms with Crippen molar-refractivity contribution in [2.75, 3.05) is 6.54 Å². The Kier molecular flexibility index (Phi) is 5.99. The Morgan fingerprint density at radius 3 is 2.52 bits per heavy atom. The van der Waals surface area contributed by atoms with Crippen molar-refractivity contribution < 1.29 is 0 Å². The van der Waals surface area contributed by atoms with Gasteiger partial charge in [0.25, 0.3) is 0 Å². The monoisotopic (exact) mass is 327 g/mol. The fourth-order valence-electron chi connectivity index (χ4n) is 3.35. The van der Waals surface area contributed by atoms with Crippen molar-refractivity contribution in [1.29, 1.82) is 0 Å². The van der Waals surface area contributed by atoms with Crippen molar-refractivity contribution in [3.05, 3.63) is 33.8 Å². The first-order valence-corrected chi connectivity index (χ1v) is 8.87. The van der Waals surface area contributed by atoms with Gasteiger partial charge in [-0.1, -0.05) is 56.1 Å². The minimum Gasteiger partial charge on any atom is -0.310 e. The Morgan fingerprint density at radius 1 is 1.24 bits per heavy atom. The number of rotatable bonds is 5.